The predicted molar refractivity (Wildman–Crippen MR) is 76.0 cm³/mol. The number of hydrogen-bond acceptors (Lipinski definition) is 3. The van der Waals surface area contributed by atoms with Crippen molar-refractivity contribution >= 4 is 41.6 Å². The number of H-pyrrole nitrogens is 1. The third-order valence-corrected chi connectivity index (χ3v) is 5.19. The van der Waals surface area contributed by atoms with Crippen molar-refractivity contribution in [2.75, 3.05) is 7.11 Å². The highest BCUT2D eigenvalue weighted by Gasteiger charge is 2.49. The van der Waals surface area contributed by atoms with Crippen molar-refractivity contribution in [3.05, 3.63) is 28.8 Å². The van der Waals surface area contributed by atoms with E-state index in [4.69, 9.17) is 16.3 Å². The molecule has 0 spiro atoms. The summed E-state index contributed by atoms with van der Waals surface area (Å²) in [7, 11) is -2.13. The van der Waals surface area contributed by atoms with Gasteiger partial charge in [0, 0.05) is 28.6 Å². The fourth-order valence-corrected chi connectivity index (χ4v) is 3.52. The zero-order valence-corrected chi connectivity index (χ0v) is 13.3. The number of rotatable bonds is 3. The van der Waals surface area contributed by atoms with Gasteiger partial charge in [0.1, 0.15) is 5.03 Å². The average molecular weight is 360 g/mol. The minimum Gasteiger partial charge on any atom is -0.373 e. The van der Waals surface area contributed by atoms with Crippen LogP contribution < -0.4 is 0 Å². The van der Waals surface area contributed by atoms with E-state index >= 15 is 0 Å². The van der Waals surface area contributed by atoms with E-state index in [1.165, 1.54) is 25.3 Å². The molecule has 0 aliphatic rings. The molecular formula is C11H10ClF3NO3PS. The van der Waals surface area contributed by atoms with Gasteiger partial charge in [0.25, 0.3) is 9.84 Å². The molecule has 10 heteroatoms. The van der Waals surface area contributed by atoms with Gasteiger partial charge in [0.15, 0.2) is 0 Å². The second-order valence-electron chi connectivity index (χ2n) is 4.16. The van der Waals surface area contributed by atoms with E-state index in [-0.39, 0.29) is 21.5 Å². The summed E-state index contributed by atoms with van der Waals surface area (Å²) in [6.45, 7) is 0. The summed E-state index contributed by atoms with van der Waals surface area (Å²) in [6.07, 6.45) is 0. The van der Waals surface area contributed by atoms with E-state index in [0.29, 0.717) is 0 Å². The summed E-state index contributed by atoms with van der Waals surface area (Å²) >= 11 is 5.82. The first-order valence-electron chi connectivity index (χ1n) is 5.50. The number of aromatic nitrogens is 1. The molecule has 4 nitrogen and oxygen atoms in total. The Kier molecular flexibility index (Phi) is 4.28. The van der Waals surface area contributed by atoms with Gasteiger partial charge >= 0.3 is 5.51 Å². The lowest BCUT2D eigenvalue weighted by molar-refractivity contribution is -0.0438. The van der Waals surface area contributed by atoms with Crippen LogP contribution in [0.5, 0.6) is 0 Å². The van der Waals surface area contributed by atoms with Gasteiger partial charge in [0.05, 0.1) is 5.85 Å². The Morgan fingerprint density at radius 1 is 1.38 bits per heavy atom. The van der Waals surface area contributed by atoms with Crippen LogP contribution in [0, 0.1) is 0 Å². The van der Waals surface area contributed by atoms with Gasteiger partial charge in [-0.2, -0.15) is 13.2 Å². The number of methoxy groups -OCH3 is 1. The first kappa shape index (κ1) is 16.5. The molecule has 0 fully saturated rings. The second kappa shape index (κ2) is 5.43. The summed E-state index contributed by atoms with van der Waals surface area (Å²) in [5.41, 5.74) is -5.32. The Bertz CT molecular complexity index is 788. The summed E-state index contributed by atoms with van der Waals surface area (Å²) in [5.74, 6) is -0.940. The second-order valence-corrected chi connectivity index (χ2v) is 7.08. The number of fused-ring (bicyclic) bond motifs is 1. The average Bonchev–Trinajstić information content (AvgIpc) is 2.75. The molecule has 0 bridgehead atoms. The van der Waals surface area contributed by atoms with Crippen LogP contribution >= 0.6 is 20.8 Å². The summed E-state index contributed by atoms with van der Waals surface area (Å²) in [5, 5.41) is -0.409. The molecule has 1 heterocycles. The quantitative estimate of drug-likeness (QED) is 0.851. The van der Waals surface area contributed by atoms with Gasteiger partial charge in [-0.05, 0) is 18.2 Å². The Labute approximate surface area is 125 Å². The molecule has 2 rings (SSSR count). The lowest BCUT2D eigenvalue weighted by Crippen LogP contribution is -2.24. The highest BCUT2D eigenvalue weighted by Crippen LogP contribution is 2.41. The summed E-state index contributed by atoms with van der Waals surface area (Å²) < 4.78 is 66.7. The standard InChI is InChI=1S/C11H10ClF3NO3PS/c1-19-10(20)8-6-4-5(12)2-3-7(6)16-9(8)21(17,18)11(13,14)15/h2-4,10,16H,20H2,1H3. The Morgan fingerprint density at radius 2 is 2.00 bits per heavy atom. The van der Waals surface area contributed by atoms with Crippen molar-refractivity contribution in [2.45, 2.75) is 16.4 Å². The molecule has 0 amide bonds. The van der Waals surface area contributed by atoms with Gasteiger partial charge < -0.3 is 9.72 Å². The van der Waals surface area contributed by atoms with E-state index in [0.717, 1.165) is 0 Å². The van der Waals surface area contributed by atoms with Gasteiger partial charge in [0.2, 0.25) is 0 Å². The van der Waals surface area contributed by atoms with Crippen molar-refractivity contribution in [3.63, 3.8) is 0 Å². The number of alkyl halides is 3. The minimum atomic E-state index is -5.53. The van der Waals surface area contributed by atoms with Crippen LogP contribution in [0.2, 0.25) is 5.02 Å². The van der Waals surface area contributed by atoms with Crippen LogP contribution in [0.15, 0.2) is 23.2 Å². The smallest absolute Gasteiger partial charge is 0.373 e. The molecule has 1 aromatic heterocycles. The van der Waals surface area contributed by atoms with Crippen LogP contribution in [0.4, 0.5) is 13.2 Å². The van der Waals surface area contributed by atoms with E-state index in [9.17, 15) is 21.6 Å². The first-order chi connectivity index (χ1) is 9.59. The number of sulfone groups is 1. The van der Waals surface area contributed by atoms with Crippen molar-refractivity contribution in [1.29, 1.82) is 0 Å². The third kappa shape index (κ3) is 2.77. The Morgan fingerprint density at radius 3 is 2.52 bits per heavy atom. The number of ether oxygens (including phenoxy) is 1. The maximum absolute atomic E-state index is 12.8. The fourth-order valence-electron chi connectivity index (χ4n) is 1.89. The molecule has 0 saturated heterocycles. The van der Waals surface area contributed by atoms with Crippen LogP contribution in [0.25, 0.3) is 10.9 Å². The van der Waals surface area contributed by atoms with E-state index < -0.39 is 26.2 Å². The van der Waals surface area contributed by atoms with Gasteiger partial charge in [-0.15, -0.1) is 9.24 Å². The molecule has 0 aliphatic heterocycles. The maximum Gasteiger partial charge on any atom is 0.503 e. The molecule has 2 atom stereocenters. The molecule has 2 unspecified atom stereocenters. The normalized spacial score (nSPS) is 14.6. The molecular weight excluding hydrogens is 350 g/mol. The van der Waals surface area contributed by atoms with Crippen molar-refractivity contribution < 1.29 is 26.3 Å². The predicted octanol–water partition coefficient (Wildman–Crippen LogP) is 3.63. The SMILES string of the molecule is COC(P)c1c(S(=O)(=O)C(F)(F)F)[nH]c2ccc(Cl)cc12. The zero-order chi connectivity index (χ0) is 16.0. The van der Waals surface area contributed by atoms with Crippen LogP contribution in [-0.2, 0) is 14.6 Å². The number of hydrogen-bond donors (Lipinski definition) is 1. The van der Waals surface area contributed by atoms with Gasteiger partial charge in [-0.1, -0.05) is 11.6 Å². The van der Waals surface area contributed by atoms with Crippen LogP contribution in [0.3, 0.4) is 0 Å². The molecule has 2 aromatic rings. The summed E-state index contributed by atoms with van der Waals surface area (Å²) in [6, 6.07) is 4.23. The topological polar surface area (TPSA) is 59.2 Å². The summed E-state index contributed by atoms with van der Waals surface area (Å²) in [4.78, 5) is 2.29. The highest BCUT2D eigenvalue weighted by atomic mass is 35.5. The third-order valence-electron chi connectivity index (χ3n) is 2.88. The van der Waals surface area contributed by atoms with Gasteiger partial charge in [-0.3, -0.25) is 0 Å². The molecule has 0 aliphatic carbocycles. The van der Waals surface area contributed by atoms with Crippen molar-refractivity contribution in [1.82, 2.24) is 4.98 Å². The monoisotopic (exact) mass is 359 g/mol. The number of aromatic amines is 1. The first-order valence-corrected chi connectivity index (χ1v) is 8.03. The van der Waals surface area contributed by atoms with E-state index in [1.807, 2.05) is 0 Å². The van der Waals surface area contributed by atoms with Crippen LogP contribution in [-0.4, -0.2) is 26.0 Å². The lowest BCUT2D eigenvalue weighted by Gasteiger charge is -2.13. The molecule has 21 heavy (non-hydrogen) atoms. The molecule has 1 aromatic carbocycles. The van der Waals surface area contributed by atoms with E-state index in [1.54, 1.807) is 0 Å². The molecule has 1 N–H and O–H groups in total. The lowest BCUT2D eigenvalue weighted by atomic mass is 10.2. The number of halogens is 4. The maximum atomic E-state index is 12.8. The zero-order valence-electron chi connectivity index (χ0n) is 10.5. The Balaban J connectivity index is 2.87. The number of nitrogens with one attached hydrogen (secondary N) is 1. The Hall–Kier alpha value is -0.820. The largest absolute Gasteiger partial charge is 0.503 e. The van der Waals surface area contributed by atoms with Gasteiger partial charge in [-0.25, -0.2) is 8.42 Å². The molecule has 116 valence electrons. The molecule has 0 saturated carbocycles. The fraction of sp³-hybridized carbons (Fsp3) is 0.273. The van der Waals surface area contributed by atoms with E-state index in [2.05, 4.69) is 14.2 Å². The number of benzene rings is 1. The van der Waals surface area contributed by atoms with Crippen LogP contribution in [0.1, 0.15) is 11.4 Å². The highest BCUT2D eigenvalue weighted by molar-refractivity contribution is 7.92. The minimum absolute atomic E-state index is 0.127. The van der Waals surface area contributed by atoms with Crippen molar-refractivity contribution in [2.24, 2.45) is 0 Å². The molecule has 0 radical (unpaired) electrons. The van der Waals surface area contributed by atoms with Crippen molar-refractivity contribution in [3.8, 4) is 0 Å².